The van der Waals surface area contributed by atoms with Gasteiger partial charge in [-0.05, 0) is 5.56 Å². The number of rotatable bonds is 2. The van der Waals surface area contributed by atoms with E-state index in [2.05, 4.69) is 10.6 Å². The maximum atomic E-state index is 12.2. The third-order valence-electron chi connectivity index (χ3n) is 3.18. The van der Waals surface area contributed by atoms with Crippen LogP contribution in [0.15, 0.2) is 30.3 Å². The molecule has 1 fully saturated rings. The van der Waals surface area contributed by atoms with Crippen molar-refractivity contribution in [3.05, 3.63) is 35.9 Å². The largest absolute Gasteiger partial charge is 0.445 e. The van der Waals surface area contributed by atoms with Gasteiger partial charge in [0.15, 0.2) is 0 Å². The highest BCUT2D eigenvalue weighted by Crippen LogP contribution is 2.03. The van der Waals surface area contributed by atoms with Crippen molar-refractivity contribution in [3.63, 3.8) is 0 Å². The second-order valence-electron chi connectivity index (χ2n) is 4.80. The molecule has 1 saturated heterocycles. The number of carbonyl (C=O) groups excluding carboxylic acids is 1. The van der Waals surface area contributed by atoms with Crippen LogP contribution >= 0.6 is 0 Å². The number of ether oxygens (including phenoxy) is 1. The van der Waals surface area contributed by atoms with Gasteiger partial charge in [0.25, 0.3) is 0 Å². The van der Waals surface area contributed by atoms with E-state index in [0.717, 1.165) is 5.56 Å². The first kappa shape index (κ1) is 16.5. The van der Waals surface area contributed by atoms with Gasteiger partial charge in [-0.15, -0.1) is 0 Å². The van der Waals surface area contributed by atoms with Gasteiger partial charge < -0.3 is 15.0 Å². The monoisotopic (exact) mass is 325 g/mol. The van der Waals surface area contributed by atoms with Crippen molar-refractivity contribution in [2.75, 3.05) is 32.7 Å². The normalized spacial score (nSPS) is 16.4. The minimum Gasteiger partial charge on any atom is -0.445 e. The van der Waals surface area contributed by atoms with Gasteiger partial charge in [-0.3, -0.25) is 5.32 Å². The number of carbonyl (C=O) groups is 1. The molecule has 0 aliphatic carbocycles. The van der Waals surface area contributed by atoms with E-state index < -0.39 is 16.4 Å². The summed E-state index contributed by atoms with van der Waals surface area (Å²) in [7, 11) is -2.38. The third kappa shape index (κ3) is 5.14. The average Bonchev–Trinajstić information content (AvgIpc) is 2.65. The van der Waals surface area contributed by atoms with Crippen molar-refractivity contribution in [3.8, 4) is 0 Å². The van der Waals surface area contributed by atoms with Crippen LogP contribution in [0.4, 0.5) is 4.79 Å². The minimum absolute atomic E-state index is 0.00852. The summed E-state index contributed by atoms with van der Waals surface area (Å²) in [5.74, 6) is 0. The number of benzene rings is 1. The molecule has 0 saturated carbocycles. The molecule has 0 atom stereocenters. The molecular weight excluding hydrogens is 306 g/mol. The quantitative estimate of drug-likeness (QED) is 0.734. The molecule has 1 heterocycles. The third-order valence-corrected chi connectivity index (χ3v) is 3.86. The fourth-order valence-corrected chi connectivity index (χ4v) is 2.50. The van der Waals surface area contributed by atoms with Gasteiger partial charge >= 0.3 is 6.09 Å². The highest BCUT2D eigenvalue weighted by molar-refractivity contribution is 7.72. The predicted molar refractivity (Wildman–Crippen MR) is 83.0 cm³/mol. The Labute approximate surface area is 130 Å². The topological polar surface area (TPSA) is 87.7 Å². The SMILES string of the molecule is O=C(OCc1ccccc1)N1CCNCCNC(=S(=O)=O)C1. The van der Waals surface area contributed by atoms with Crippen molar-refractivity contribution < 1.29 is 17.9 Å². The van der Waals surface area contributed by atoms with Crippen molar-refractivity contribution in [1.82, 2.24) is 15.5 Å². The van der Waals surface area contributed by atoms with Crippen LogP contribution in [0.25, 0.3) is 0 Å². The van der Waals surface area contributed by atoms with Crippen LogP contribution in [0.2, 0.25) is 0 Å². The van der Waals surface area contributed by atoms with E-state index in [0.29, 0.717) is 26.2 Å². The average molecular weight is 325 g/mol. The predicted octanol–water partition coefficient (Wildman–Crippen LogP) is -0.173. The lowest BCUT2D eigenvalue weighted by Gasteiger charge is -2.21. The van der Waals surface area contributed by atoms with Crippen LogP contribution in [-0.2, 0) is 21.6 Å². The zero-order valence-electron chi connectivity index (χ0n) is 12.1. The first-order valence-corrected chi connectivity index (χ1v) is 8.09. The molecule has 8 heteroatoms. The molecule has 2 rings (SSSR count). The van der Waals surface area contributed by atoms with Gasteiger partial charge in [0, 0.05) is 26.2 Å². The second kappa shape index (κ2) is 8.52. The molecule has 7 nitrogen and oxygen atoms in total. The van der Waals surface area contributed by atoms with Crippen LogP contribution in [0.5, 0.6) is 0 Å². The van der Waals surface area contributed by atoms with Crippen LogP contribution in [-0.4, -0.2) is 57.1 Å². The summed E-state index contributed by atoms with van der Waals surface area (Å²) >= 11 is 0. The van der Waals surface area contributed by atoms with Gasteiger partial charge in [-0.25, -0.2) is 4.79 Å². The highest BCUT2D eigenvalue weighted by Gasteiger charge is 2.19. The van der Waals surface area contributed by atoms with Crippen LogP contribution in [0, 0.1) is 0 Å². The van der Waals surface area contributed by atoms with Crippen molar-refractivity contribution in [2.24, 2.45) is 0 Å². The van der Waals surface area contributed by atoms with Crippen molar-refractivity contribution in [2.45, 2.75) is 6.61 Å². The van der Waals surface area contributed by atoms with E-state index in [9.17, 15) is 13.2 Å². The number of amides is 1. The van der Waals surface area contributed by atoms with Crippen LogP contribution in [0.3, 0.4) is 0 Å². The van der Waals surface area contributed by atoms with Crippen molar-refractivity contribution in [1.29, 1.82) is 0 Å². The fraction of sp³-hybridized carbons (Fsp3) is 0.429. The molecule has 22 heavy (non-hydrogen) atoms. The molecule has 1 aliphatic rings. The molecule has 1 amide bonds. The summed E-state index contributed by atoms with van der Waals surface area (Å²) in [6, 6.07) is 9.33. The number of hydrogen-bond donors (Lipinski definition) is 2. The number of hydrogen-bond acceptors (Lipinski definition) is 5. The Morgan fingerprint density at radius 3 is 2.68 bits per heavy atom. The summed E-state index contributed by atoms with van der Waals surface area (Å²) < 4.78 is 27.6. The zero-order valence-corrected chi connectivity index (χ0v) is 12.9. The molecule has 0 aromatic heterocycles. The standard InChI is InChI=1S/C14H19N3O4S/c18-14(21-11-12-4-2-1-3-5-12)17-9-8-15-6-7-16-13(10-17)22(19)20/h1-5,15-16H,6-11H2. The summed E-state index contributed by atoms with van der Waals surface area (Å²) in [4.78, 5) is 13.6. The Bertz CT molecular complexity index is 623. The lowest BCUT2D eigenvalue weighted by Crippen LogP contribution is -2.42. The molecule has 0 unspecified atom stereocenters. The summed E-state index contributed by atoms with van der Waals surface area (Å²) in [5.41, 5.74) is 0.882. The lowest BCUT2D eigenvalue weighted by atomic mass is 10.2. The molecular formula is C14H19N3O4S. The smallest absolute Gasteiger partial charge is 0.410 e. The Kier molecular flexibility index (Phi) is 6.38. The second-order valence-corrected chi connectivity index (χ2v) is 5.76. The number of nitrogens with zero attached hydrogens (tertiary/aromatic N) is 1. The van der Waals surface area contributed by atoms with Gasteiger partial charge in [-0.2, -0.15) is 8.42 Å². The molecule has 1 aromatic carbocycles. The van der Waals surface area contributed by atoms with E-state index in [1.807, 2.05) is 30.3 Å². The molecule has 0 spiro atoms. The molecule has 1 aliphatic heterocycles. The van der Waals surface area contributed by atoms with Crippen molar-refractivity contribution >= 4 is 21.4 Å². The lowest BCUT2D eigenvalue weighted by molar-refractivity contribution is 0.102. The van der Waals surface area contributed by atoms with E-state index in [1.54, 1.807) is 0 Å². The van der Waals surface area contributed by atoms with Gasteiger partial charge in [-0.1, -0.05) is 30.3 Å². The maximum Gasteiger partial charge on any atom is 0.410 e. The Hall–Kier alpha value is -1.90. The van der Waals surface area contributed by atoms with Crippen LogP contribution < -0.4 is 10.6 Å². The zero-order chi connectivity index (χ0) is 15.8. The van der Waals surface area contributed by atoms with E-state index >= 15 is 0 Å². The molecule has 2 N–H and O–H groups in total. The van der Waals surface area contributed by atoms with Gasteiger partial charge in [0.05, 0.1) is 6.54 Å². The minimum atomic E-state index is -2.38. The summed E-state index contributed by atoms with van der Waals surface area (Å²) in [6.07, 6.45) is -0.530. The number of nitrogens with one attached hydrogen (secondary N) is 2. The van der Waals surface area contributed by atoms with Gasteiger partial charge in [0.2, 0.25) is 10.3 Å². The Morgan fingerprint density at radius 1 is 1.18 bits per heavy atom. The first-order chi connectivity index (χ1) is 10.7. The molecule has 0 bridgehead atoms. The van der Waals surface area contributed by atoms with E-state index in [-0.39, 0.29) is 18.1 Å². The van der Waals surface area contributed by atoms with Gasteiger partial charge in [0.1, 0.15) is 11.6 Å². The van der Waals surface area contributed by atoms with Crippen LogP contribution in [0.1, 0.15) is 5.56 Å². The maximum absolute atomic E-state index is 12.2. The molecule has 0 radical (unpaired) electrons. The molecule has 1 aromatic rings. The summed E-state index contributed by atoms with van der Waals surface area (Å²) in [6.45, 7) is 2.25. The van der Waals surface area contributed by atoms with E-state index in [1.165, 1.54) is 4.90 Å². The Balaban J connectivity index is 2.00. The Morgan fingerprint density at radius 2 is 1.95 bits per heavy atom. The highest BCUT2D eigenvalue weighted by atomic mass is 32.2. The summed E-state index contributed by atoms with van der Waals surface area (Å²) in [5, 5.41) is 5.93. The fourth-order valence-electron chi connectivity index (χ4n) is 2.02. The van der Waals surface area contributed by atoms with E-state index in [4.69, 9.17) is 4.74 Å². The first-order valence-electron chi connectivity index (χ1n) is 7.02. The molecule has 120 valence electrons.